The molecule has 1 amide bonds. The monoisotopic (exact) mass is 509 g/mol. The van der Waals surface area contributed by atoms with E-state index in [-0.39, 0.29) is 5.91 Å². The first-order chi connectivity index (χ1) is 18.4. The number of amides is 1. The van der Waals surface area contributed by atoms with Gasteiger partial charge in [0.25, 0.3) is 5.91 Å². The van der Waals surface area contributed by atoms with Crippen molar-refractivity contribution in [1.82, 2.24) is 14.4 Å². The van der Waals surface area contributed by atoms with Gasteiger partial charge in [-0.3, -0.25) is 4.79 Å². The Morgan fingerprint density at radius 2 is 1.74 bits per heavy atom. The molecule has 2 heterocycles. The van der Waals surface area contributed by atoms with Crippen LogP contribution < -0.4 is 20.1 Å². The highest BCUT2D eigenvalue weighted by molar-refractivity contribution is 6.05. The molecule has 9 heteroatoms. The standard InChI is InChI=1S/C29H27N5O4/c1-18(35)19-7-9-22(10-8-19)32-29(36)21-6-4-5-20(15-21)24-17-34-14-13-30-28(34)27(33-24)31-23-11-12-25(37-2)26(16-23)38-3/h4-18,35H,1-3H3,(H,31,33)(H,32,36). The number of carbonyl (C=O) groups excluding carboxylic acids is 1. The number of aliphatic hydroxyl groups is 1. The highest BCUT2D eigenvalue weighted by atomic mass is 16.5. The summed E-state index contributed by atoms with van der Waals surface area (Å²) in [6.45, 7) is 1.70. The number of hydrogen-bond donors (Lipinski definition) is 3. The summed E-state index contributed by atoms with van der Waals surface area (Å²) in [6, 6.07) is 19.9. The van der Waals surface area contributed by atoms with Crippen LogP contribution in [0.1, 0.15) is 28.9 Å². The SMILES string of the molecule is COc1ccc(Nc2nc(-c3cccc(C(=O)Nc4ccc(C(C)O)cc4)c3)cn3ccnc23)cc1OC. The molecule has 0 radical (unpaired) electrons. The lowest BCUT2D eigenvalue weighted by Crippen LogP contribution is -2.12. The first kappa shape index (κ1) is 24.8. The highest BCUT2D eigenvalue weighted by Crippen LogP contribution is 2.32. The van der Waals surface area contributed by atoms with E-state index in [2.05, 4.69) is 15.6 Å². The maximum absolute atomic E-state index is 13.0. The predicted molar refractivity (Wildman–Crippen MR) is 146 cm³/mol. The topological polar surface area (TPSA) is 110 Å². The minimum atomic E-state index is -0.567. The zero-order valence-corrected chi connectivity index (χ0v) is 21.2. The fourth-order valence-corrected chi connectivity index (χ4v) is 4.07. The van der Waals surface area contributed by atoms with Crippen molar-refractivity contribution in [2.45, 2.75) is 13.0 Å². The second-order valence-corrected chi connectivity index (χ2v) is 8.66. The molecule has 0 aliphatic carbocycles. The number of rotatable bonds is 8. The molecule has 0 bridgehead atoms. The van der Waals surface area contributed by atoms with Crippen LogP contribution in [0, 0.1) is 0 Å². The zero-order chi connectivity index (χ0) is 26.6. The molecule has 0 saturated carbocycles. The van der Waals surface area contributed by atoms with Gasteiger partial charge in [-0.25, -0.2) is 9.97 Å². The molecule has 0 fully saturated rings. The van der Waals surface area contributed by atoms with Gasteiger partial charge in [0.1, 0.15) is 0 Å². The normalized spacial score (nSPS) is 11.7. The average Bonchev–Trinajstić information content (AvgIpc) is 3.42. The Labute approximate surface area is 219 Å². The summed E-state index contributed by atoms with van der Waals surface area (Å²) in [6.07, 6.45) is 4.84. The van der Waals surface area contributed by atoms with E-state index in [1.807, 2.05) is 47.1 Å². The van der Waals surface area contributed by atoms with Crippen molar-refractivity contribution in [1.29, 1.82) is 0 Å². The van der Waals surface area contributed by atoms with E-state index >= 15 is 0 Å². The molecule has 3 aromatic carbocycles. The van der Waals surface area contributed by atoms with Crippen molar-refractivity contribution in [3.05, 3.63) is 96.4 Å². The van der Waals surface area contributed by atoms with Gasteiger partial charge in [0.2, 0.25) is 0 Å². The molecule has 0 spiro atoms. The largest absolute Gasteiger partial charge is 0.493 e. The van der Waals surface area contributed by atoms with E-state index in [1.54, 1.807) is 63.7 Å². The van der Waals surface area contributed by atoms with E-state index < -0.39 is 6.10 Å². The van der Waals surface area contributed by atoms with Crippen LogP contribution >= 0.6 is 0 Å². The molecule has 3 N–H and O–H groups in total. The van der Waals surface area contributed by atoms with Crippen molar-refractivity contribution in [2.24, 2.45) is 0 Å². The average molecular weight is 510 g/mol. The number of anilines is 3. The maximum atomic E-state index is 13.0. The molecule has 9 nitrogen and oxygen atoms in total. The van der Waals surface area contributed by atoms with Crippen LogP contribution in [0.15, 0.2) is 85.3 Å². The van der Waals surface area contributed by atoms with E-state index in [9.17, 15) is 9.90 Å². The summed E-state index contributed by atoms with van der Waals surface area (Å²) in [5.41, 5.74) is 4.75. The number of nitrogens with one attached hydrogen (secondary N) is 2. The van der Waals surface area contributed by atoms with Crippen LogP contribution in [0.3, 0.4) is 0 Å². The van der Waals surface area contributed by atoms with Crippen molar-refractivity contribution in [3.63, 3.8) is 0 Å². The number of methoxy groups -OCH3 is 2. The molecule has 5 aromatic rings. The number of benzene rings is 3. The van der Waals surface area contributed by atoms with Gasteiger partial charge in [-0.1, -0.05) is 24.3 Å². The molecule has 0 saturated heterocycles. The number of fused-ring (bicyclic) bond motifs is 1. The number of carbonyl (C=O) groups is 1. The summed E-state index contributed by atoms with van der Waals surface area (Å²) in [5, 5.41) is 15.9. The lowest BCUT2D eigenvalue weighted by atomic mass is 10.1. The van der Waals surface area contributed by atoms with Crippen molar-refractivity contribution in [3.8, 4) is 22.8 Å². The Morgan fingerprint density at radius 3 is 2.47 bits per heavy atom. The Morgan fingerprint density at radius 1 is 0.974 bits per heavy atom. The second kappa shape index (κ2) is 10.6. The fourth-order valence-electron chi connectivity index (χ4n) is 4.07. The van der Waals surface area contributed by atoms with Gasteiger partial charge >= 0.3 is 0 Å². The number of ether oxygens (including phenoxy) is 2. The van der Waals surface area contributed by atoms with E-state index in [1.165, 1.54) is 0 Å². The Bertz CT molecular complexity index is 1590. The molecular formula is C29H27N5O4. The molecule has 0 aliphatic rings. The van der Waals surface area contributed by atoms with E-state index in [0.29, 0.717) is 39.9 Å². The third-order valence-corrected chi connectivity index (χ3v) is 6.09. The van der Waals surface area contributed by atoms with Crippen molar-refractivity contribution < 1.29 is 19.4 Å². The fraction of sp³-hybridized carbons (Fsp3) is 0.138. The Hall–Kier alpha value is -4.89. The van der Waals surface area contributed by atoms with Gasteiger partial charge in [0.15, 0.2) is 23.0 Å². The summed E-state index contributed by atoms with van der Waals surface area (Å²) >= 11 is 0. The second-order valence-electron chi connectivity index (χ2n) is 8.66. The van der Waals surface area contributed by atoms with Crippen molar-refractivity contribution in [2.75, 3.05) is 24.9 Å². The summed E-state index contributed by atoms with van der Waals surface area (Å²) in [7, 11) is 3.17. The maximum Gasteiger partial charge on any atom is 0.255 e. The van der Waals surface area contributed by atoms with Crippen LogP contribution in [-0.4, -0.2) is 39.6 Å². The molecule has 2 aromatic heterocycles. The predicted octanol–water partition coefficient (Wildman–Crippen LogP) is 5.46. The first-order valence-corrected chi connectivity index (χ1v) is 12.0. The molecule has 0 aliphatic heterocycles. The summed E-state index contributed by atoms with van der Waals surface area (Å²) in [5.74, 6) is 1.52. The van der Waals surface area contributed by atoms with Gasteiger partial charge in [0, 0.05) is 47.2 Å². The molecule has 1 atom stereocenters. The lowest BCUT2D eigenvalue weighted by Gasteiger charge is -2.13. The van der Waals surface area contributed by atoms with Crippen molar-refractivity contribution >= 4 is 28.7 Å². The molecule has 192 valence electrons. The Kier molecular flexibility index (Phi) is 6.92. The van der Waals surface area contributed by atoms with Crippen LogP contribution in [0.2, 0.25) is 0 Å². The van der Waals surface area contributed by atoms with Gasteiger partial charge < -0.3 is 29.6 Å². The van der Waals surface area contributed by atoms with Crippen LogP contribution in [0.25, 0.3) is 16.9 Å². The molecule has 38 heavy (non-hydrogen) atoms. The lowest BCUT2D eigenvalue weighted by molar-refractivity contribution is 0.102. The number of aliphatic hydroxyl groups excluding tert-OH is 1. The minimum absolute atomic E-state index is 0.246. The third kappa shape index (κ3) is 5.14. The first-order valence-electron chi connectivity index (χ1n) is 12.0. The third-order valence-electron chi connectivity index (χ3n) is 6.09. The van der Waals surface area contributed by atoms with Gasteiger partial charge in [-0.05, 0) is 48.9 Å². The molecule has 5 rings (SSSR count). The molecule has 1 unspecified atom stereocenters. The van der Waals surface area contributed by atoms with Gasteiger partial charge in [0.05, 0.1) is 26.0 Å². The van der Waals surface area contributed by atoms with Crippen LogP contribution in [0.4, 0.5) is 17.2 Å². The minimum Gasteiger partial charge on any atom is -0.493 e. The summed E-state index contributed by atoms with van der Waals surface area (Å²) < 4.78 is 12.6. The smallest absolute Gasteiger partial charge is 0.255 e. The quantitative estimate of drug-likeness (QED) is 0.255. The number of hydrogen-bond acceptors (Lipinski definition) is 7. The van der Waals surface area contributed by atoms with Crippen LogP contribution in [-0.2, 0) is 0 Å². The van der Waals surface area contributed by atoms with E-state index in [4.69, 9.17) is 14.5 Å². The number of nitrogens with zero attached hydrogens (tertiary/aromatic N) is 3. The Balaban J connectivity index is 1.43. The van der Waals surface area contributed by atoms with Gasteiger partial charge in [-0.15, -0.1) is 0 Å². The number of aromatic nitrogens is 3. The van der Waals surface area contributed by atoms with E-state index in [0.717, 1.165) is 16.8 Å². The summed E-state index contributed by atoms with van der Waals surface area (Å²) in [4.78, 5) is 22.2. The van der Waals surface area contributed by atoms with Crippen LogP contribution in [0.5, 0.6) is 11.5 Å². The van der Waals surface area contributed by atoms with Gasteiger partial charge in [-0.2, -0.15) is 0 Å². The highest BCUT2D eigenvalue weighted by Gasteiger charge is 2.14. The number of imidazole rings is 1. The zero-order valence-electron chi connectivity index (χ0n) is 21.2. The molecular weight excluding hydrogens is 482 g/mol.